The van der Waals surface area contributed by atoms with Gasteiger partial charge in [-0.25, -0.2) is 0 Å². The van der Waals surface area contributed by atoms with Crippen LogP contribution in [0.25, 0.3) is 0 Å². The van der Waals surface area contributed by atoms with Crippen molar-refractivity contribution in [3.05, 3.63) is 52.5 Å². The van der Waals surface area contributed by atoms with E-state index < -0.39 is 0 Å². The molecule has 2 aromatic rings. The van der Waals surface area contributed by atoms with Gasteiger partial charge in [0.15, 0.2) is 0 Å². The molecule has 1 saturated heterocycles. The number of ether oxygens (including phenoxy) is 1. The van der Waals surface area contributed by atoms with Crippen molar-refractivity contribution in [3.8, 4) is 0 Å². The summed E-state index contributed by atoms with van der Waals surface area (Å²) in [7, 11) is 0. The Morgan fingerprint density at radius 2 is 2.04 bits per heavy atom. The Hall–Kier alpha value is -1.76. The molecule has 1 fully saturated rings. The standard InChI is InChI=1S/C17H21N3O2S/c1-13(19-17(21)14-4-6-18-7-5-14)16(15-3-2-12-23-15)20-8-10-22-11-9-20/h2-7,12-13,16H,8-11H2,1H3,(H,19,21)/p+1. The maximum atomic E-state index is 12.4. The molecule has 5 nitrogen and oxygen atoms in total. The second kappa shape index (κ2) is 7.68. The molecule has 122 valence electrons. The Morgan fingerprint density at radius 1 is 1.30 bits per heavy atom. The van der Waals surface area contributed by atoms with Gasteiger partial charge in [-0.3, -0.25) is 9.78 Å². The summed E-state index contributed by atoms with van der Waals surface area (Å²) < 4.78 is 5.49. The van der Waals surface area contributed by atoms with E-state index in [9.17, 15) is 4.79 Å². The first kappa shape index (κ1) is 16.1. The molecule has 2 aromatic heterocycles. The molecule has 0 aromatic carbocycles. The van der Waals surface area contributed by atoms with Gasteiger partial charge in [-0.2, -0.15) is 0 Å². The van der Waals surface area contributed by atoms with Gasteiger partial charge in [0.1, 0.15) is 19.1 Å². The van der Waals surface area contributed by atoms with E-state index in [-0.39, 0.29) is 18.0 Å². The van der Waals surface area contributed by atoms with Crippen LogP contribution in [0.15, 0.2) is 42.0 Å². The van der Waals surface area contributed by atoms with E-state index in [0.717, 1.165) is 26.3 Å². The highest BCUT2D eigenvalue weighted by Gasteiger charge is 2.33. The van der Waals surface area contributed by atoms with Crippen molar-refractivity contribution in [2.75, 3.05) is 26.3 Å². The highest BCUT2D eigenvalue weighted by atomic mass is 32.1. The summed E-state index contributed by atoms with van der Waals surface area (Å²) in [6, 6.07) is 8.01. The van der Waals surface area contributed by atoms with Crippen LogP contribution in [0.2, 0.25) is 0 Å². The van der Waals surface area contributed by atoms with Crippen molar-refractivity contribution in [1.82, 2.24) is 10.3 Å². The number of quaternary nitrogens is 1. The zero-order valence-corrected chi connectivity index (χ0v) is 14.0. The summed E-state index contributed by atoms with van der Waals surface area (Å²) in [6.45, 7) is 5.59. The fraction of sp³-hybridized carbons (Fsp3) is 0.412. The van der Waals surface area contributed by atoms with Gasteiger partial charge in [0.25, 0.3) is 5.91 Å². The van der Waals surface area contributed by atoms with Gasteiger partial charge < -0.3 is 15.0 Å². The van der Waals surface area contributed by atoms with Crippen molar-refractivity contribution < 1.29 is 14.4 Å². The van der Waals surface area contributed by atoms with Gasteiger partial charge in [0.05, 0.1) is 24.1 Å². The molecule has 3 heterocycles. The van der Waals surface area contributed by atoms with Gasteiger partial charge in [-0.05, 0) is 30.5 Å². The number of rotatable bonds is 5. The van der Waals surface area contributed by atoms with E-state index in [1.807, 2.05) is 0 Å². The molecule has 0 radical (unpaired) electrons. The number of carbonyl (C=O) groups excluding carboxylic acids is 1. The number of nitrogens with one attached hydrogen (secondary N) is 2. The molecular formula is C17H22N3O2S+. The zero-order valence-electron chi connectivity index (χ0n) is 13.2. The summed E-state index contributed by atoms with van der Waals surface area (Å²) in [5, 5.41) is 5.26. The Balaban J connectivity index is 1.75. The predicted molar refractivity (Wildman–Crippen MR) is 89.7 cm³/mol. The highest BCUT2D eigenvalue weighted by Crippen LogP contribution is 2.20. The molecule has 0 bridgehead atoms. The quantitative estimate of drug-likeness (QED) is 0.856. The minimum absolute atomic E-state index is 0.0439. The van der Waals surface area contributed by atoms with Crippen LogP contribution in [0.3, 0.4) is 0 Å². The molecule has 2 atom stereocenters. The first-order valence-electron chi connectivity index (χ1n) is 7.92. The predicted octanol–water partition coefficient (Wildman–Crippen LogP) is 0.918. The van der Waals surface area contributed by atoms with Crippen molar-refractivity contribution in [2.24, 2.45) is 0 Å². The van der Waals surface area contributed by atoms with Crippen LogP contribution in [0.5, 0.6) is 0 Å². The van der Waals surface area contributed by atoms with E-state index in [4.69, 9.17) is 4.74 Å². The normalized spacial score (nSPS) is 18.3. The molecular weight excluding hydrogens is 310 g/mol. The van der Waals surface area contributed by atoms with Crippen LogP contribution in [0, 0.1) is 0 Å². The van der Waals surface area contributed by atoms with Crippen LogP contribution in [-0.2, 0) is 4.74 Å². The molecule has 0 saturated carbocycles. The fourth-order valence-electron chi connectivity index (χ4n) is 3.09. The smallest absolute Gasteiger partial charge is 0.251 e. The lowest BCUT2D eigenvalue weighted by molar-refractivity contribution is -0.939. The number of amides is 1. The minimum atomic E-state index is -0.0471. The Bertz CT molecular complexity index is 612. The van der Waals surface area contributed by atoms with Crippen molar-refractivity contribution in [3.63, 3.8) is 0 Å². The largest absolute Gasteiger partial charge is 0.370 e. The number of hydrogen-bond donors (Lipinski definition) is 2. The summed E-state index contributed by atoms with van der Waals surface area (Å²) in [5.74, 6) is -0.0471. The summed E-state index contributed by atoms with van der Waals surface area (Å²) in [6.07, 6.45) is 3.28. The molecule has 1 aliphatic rings. The lowest BCUT2D eigenvalue weighted by Gasteiger charge is -2.34. The lowest BCUT2D eigenvalue weighted by Crippen LogP contribution is -3.15. The zero-order chi connectivity index (χ0) is 16.1. The Labute approximate surface area is 140 Å². The second-order valence-electron chi connectivity index (χ2n) is 5.76. The van der Waals surface area contributed by atoms with Crippen molar-refractivity contribution in [2.45, 2.75) is 19.0 Å². The number of carbonyl (C=O) groups is 1. The molecule has 6 heteroatoms. The molecule has 1 amide bonds. The van der Waals surface area contributed by atoms with E-state index in [1.54, 1.807) is 35.9 Å². The molecule has 0 aliphatic carbocycles. The third-order valence-corrected chi connectivity index (χ3v) is 5.18. The van der Waals surface area contributed by atoms with Crippen LogP contribution in [-0.4, -0.2) is 43.2 Å². The molecule has 2 unspecified atom stereocenters. The van der Waals surface area contributed by atoms with Gasteiger partial charge >= 0.3 is 0 Å². The average Bonchev–Trinajstić information content (AvgIpc) is 3.11. The maximum absolute atomic E-state index is 12.4. The third kappa shape index (κ3) is 3.96. The molecule has 3 rings (SSSR count). The average molecular weight is 332 g/mol. The summed E-state index contributed by atoms with van der Waals surface area (Å²) >= 11 is 1.75. The fourth-order valence-corrected chi connectivity index (χ4v) is 4.08. The van der Waals surface area contributed by atoms with Gasteiger partial charge in [0, 0.05) is 18.0 Å². The second-order valence-corrected chi connectivity index (χ2v) is 6.74. The maximum Gasteiger partial charge on any atom is 0.251 e. The number of morpholine rings is 1. The highest BCUT2D eigenvalue weighted by molar-refractivity contribution is 7.10. The number of thiophene rings is 1. The van der Waals surface area contributed by atoms with Crippen LogP contribution >= 0.6 is 11.3 Å². The summed E-state index contributed by atoms with van der Waals surface area (Å²) in [4.78, 5) is 19.2. The summed E-state index contributed by atoms with van der Waals surface area (Å²) in [5.41, 5.74) is 0.647. The minimum Gasteiger partial charge on any atom is -0.370 e. The van der Waals surface area contributed by atoms with Gasteiger partial charge in [-0.1, -0.05) is 6.07 Å². The first-order valence-corrected chi connectivity index (χ1v) is 8.80. The van der Waals surface area contributed by atoms with Crippen molar-refractivity contribution in [1.29, 1.82) is 0 Å². The van der Waals surface area contributed by atoms with Crippen LogP contribution in [0.1, 0.15) is 28.2 Å². The topological polar surface area (TPSA) is 55.7 Å². The first-order chi connectivity index (χ1) is 11.3. The van der Waals surface area contributed by atoms with E-state index in [0.29, 0.717) is 5.56 Å². The molecule has 1 aliphatic heterocycles. The number of aromatic nitrogens is 1. The monoisotopic (exact) mass is 332 g/mol. The Kier molecular flexibility index (Phi) is 5.38. The third-order valence-electron chi connectivity index (χ3n) is 4.23. The lowest BCUT2D eigenvalue weighted by atomic mass is 10.0. The number of pyridine rings is 1. The molecule has 0 spiro atoms. The SMILES string of the molecule is CC(NC(=O)c1ccncc1)C(c1cccs1)[NH+]1CCOCC1. The van der Waals surface area contributed by atoms with E-state index >= 15 is 0 Å². The van der Waals surface area contributed by atoms with Crippen LogP contribution in [0.4, 0.5) is 0 Å². The van der Waals surface area contributed by atoms with E-state index in [2.05, 4.69) is 34.7 Å². The Morgan fingerprint density at radius 3 is 2.70 bits per heavy atom. The molecule has 23 heavy (non-hydrogen) atoms. The van der Waals surface area contributed by atoms with Crippen LogP contribution < -0.4 is 10.2 Å². The molecule has 2 N–H and O–H groups in total. The van der Waals surface area contributed by atoms with Crippen molar-refractivity contribution >= 4 is 17.2 Å². The van der Waals surface area contributed by atoms with Gasteiger partial charge in [0.2, 0.25) is 0 Å². The number of nitrogens with zero attached hydrogens (tertiary/aromatic N) is 1. The van der Waals surface area contributed by atoms with E-state index in [1.165, 1.54) is 9.78 Å². The number of hydrogen-bond acceptors (Lipinski definition) is 4. The van der Waals surface area contributed by atoms with Gasteiger partial charge in [-0.15, -0.1) is 11.3 Å².